The number of ether oxygens (including phenoxy) is 2. The summed E-state index contributed by atoms with van der Waals surface area (Å²) in [6.07, 6.45) is 22.2. The van der Waals surface area contributed by atoms with Gasteiger partial charge in [0, 0.05) is 12.4 Å². The summed E-state index contributed by atoms with van der Waals surface area (Å²) in [4.78, 5) is 20.8. The van der Waals surface area contributed by atoms with E-state index in [9.17, 15) is 4.79 Å². The van der Waals surface area contributed by atoms with Gasteiger partial charge in [-0.15, -0.1) is 0 Å². The van der Waals surface area contributed by atoms with Crippen molar-refractivity contribution in [2.75, 3.05) is 6.61 Å². The molecule has 0 amide bonds. The molecule has 2 rings (SSSR count). The summed E-state index contributed by atoms with van der Waals surface area (Å²) >= 11 is 0. The van der Waals surface area contributed by atoms with Gasteiger partial charge in [0.1, 0.15) is 5.75 Å². The summed E-state index contributed by atoms with van der Waals surface area (Å²) in [5.41, 5.74) is 1.54. The average Bonchev–Trinajstić information content (AvgIpc) is 2.86. The summed E-state index contributed by atoms with van der Waals surface area (Å²) in [6, 6.07) is 7.15. The second kappa shape index (κ2) is 18.0. The lowest BCUT2D eigenvalue weighted by Gasteiger charge is -2.07. The molecule has 0 bridgehead atoms. The van der Waals surface area contributed by atoms with E-state index in [0.29, 0.717) is 12.2 Å². The lowest BCUT2D eigenvalue weighted by Crippen LogP contribution is -2.10. The topological polar surface area (TPSA) is 61.3 Å². The minimum Gasteiger partial charge on any atom is -0.494 e. The molecule has 0 spiro atoms. The molecule has 0 aliphatic heterocycles. The van der Waals surface area contributed by atoms with Gasteiger partial charge in [0.2, 0.25) is 0 Å². The van der Waals surface area contributed by atoms with E-state index in [-0.39, 0.29) is 6.01 Å². The summed E-state index contributed by atoms with van der Waals surface area (Å²) in [5.74, 6) is 0.312. The highest BCUT2D eigenvalue weighted by molar-refractivity contribution is 5.90. The minimum absolute atomic E-state index is 0.0904. The van der Waals surface area contributed by atoms with E-state index in [4.69, 9.17) is 9.47 Å². The molecule has 1 aromatic carbocycles. The van der Waals surface area contributed by atoms with E-state index < -0.39 is 5.97 Å². The zero-order chi connectivity index (χ0) is 24.3. The third-order valence-corrected chi connectivity index (χ3v) is 6.04. The van der Waals surface area contributed by atoms with E-state index in [1.54, 1.807) is 24.5 Å². The normalized spacial score (nSPS) is 10.9. The average molecular weight is 469 g/mol. The number of aromatic nitrogens is 2. The van der Waals surface area contributed by atoms with Crippen LogP contribution in [0.25, 0.3) is 0 Å². The number of benzene rings is 1. The summed E-state index contributed by atoms with van der Waals surface area (Å²) in [5, 5.41) is 0. The third-order valence-electron chi connectivity index (χ3n) is 6.04. The molecular formula is C29H44N2O3. The van der Waals surface area contributed by atoms with Crippen molar-refractivity contribution >= 4 is 5.97 Å². The zero-order valence-corrected chi connectivity index (χ0v) is 21.4. The van der Waals surface area contributed by atoms with E-state index in [1.165, 1.54) is 77.0 Å². The predicted molar refractivity (Wildman–Crippen MR) is 139 cm³/mol. The van der Waals surface area contributed by atoms with Crippen molar-refractivity contribution in [3.63, 3.8) is 0 Å². The maximum Gasteiger partial charge on any atom is 0.345 e. The van der Waals surface area contributed by atoms with E-state index in [1.807, 2.05) is 12.1 Å². The number of carbonyl (C=O) groups is 1. The van der Waals surface area contributed by atoms with Gasteiger partial charge < -0.3 is 9.47 Å². The van der Waals surface area contributed by atoms with Crippen LogP contribution in [0.4, 0.5) is 0 Å². The lowest BCUT2D eigenvalue weighted by molar-refractivity contribution is 0.0719. The zero-order valence-electron chi connectivity index (χ0n) is 21.4. The standard InChI is InChI=1S/C29H44N2O3/c1-3-5-7-9-11-13-15-17-25-23-30-29(31-24-25)34-28(32)26-18-20-27(21-19-26)33-22-16-14-12-10-8-6-4-2/h18-21,23-24H,3-17,22H2,1-2H3. The van der Waals surface area contributed by atoms with Crippen LogP contribution in [0, 0.1) is 0 Å². The number of esters is 1. The number of hydrogen-bond donors (Lipinski definition) is 0. The molecule has 0 radical (unpaired) electrons. The fraction of sp³-hybridized carbons (Fsp3) is 0.621. The van der Waals surface area contributed by atoms with Crippen molar-refractivity contribution in [1.82, 2.24) is 9.97 Å². The fourth-order valence-corrected chi connectivity index (χ4v) is 3.89. The van der Waals surface area contributed by atoms with Crippen molar-refractivity contribution in [3.05, 3.63) is 47.8 Å². The second-order valence-corrected chi connectivity index (χ2v) is 9.13. The molecule has 0 aliphatic carbocycles. The number of carbonyl (C=O) groups excluding carboxylic acids is 1. The van der Waals surface area contributed by atoms with Gasteiger partial charge in [-0.05, 0) is 49.1 Å². The molecule has 0 saturated carbocycles. The Morgan fingerprint density at radius 3 is 1.82 bits per heavy atom. The van der Waals surface area contributed by atoms with E-state index in [2.05, 4.69) is 23.8 Å². The minimum atomic E-state index is -0.460. The van der Waals surface area contributed by atoms with Crippen molar-refractivity contribution in [3.8, 4) is 11.8 Å². The van der Waals surface area contributed by atoms with E-state index >= 15 is 0 Å². The largest absolute Gasteiger partial charge is 0.494 e. The molecular weight excluding hydrogens is 424 g/mol. The first-order valence-corrected chi connectivity index (χ1v) is 13.5. The van der Waals surface area contributed by atoms with Crippen LogP contribution in [-0.4, -0.2) is 22.5 Å². The highest BCUT2D eigenvalue weighted by Crippen LogP contribution is 2.16. The number of nitrogens with zero attached hydrogens (tertiary/aromatic N) is 2. The Hall–Kier alpha value is -2.43. The van der Waals surface area contributed by atoms with Gasteiger partial charge >= 0.3 is 12.0 Å². The molecule has 1 heterocycles. The molecule has 0 aliphatic rings. The summed E-state index contributed by atoms with van der Waals surface area (Å²) in [7, 11) is 0. The maximum absolute atomic E-state index is 12.4. The summed E-state index contributed by atoms with van der Waals surface area (Å²) < 4.78 is 11.1. The Morgan fingerprint density at radius 1 is 0.706 bits per heavy atom. The van der Waals surface area contributed by atoms with Gasteiger partial charge in [-0.2, -0.15) is 0 Å². The van der Waals surface area contributed by atoms with Gasteiger partial charge in [-0.3, -0.25) is 0 Å². The fourth-order valence-electron chi connectivity index (χ4n) is 3.89. The molecule has 0 N–H and O–H groups in total. The molecule has 5 heteroatoms. The number of aryl methyl sites for hydroxylation is 1. The first-order chi connectivity index (χ1) is 16.7. The van der Waals surface area contributed by atoms with Crippen LogP contribution in [0.15, 0.2) is 36.7 Å². The Balaban J connectivity index is 1.63. The number of unbranched alkanes of at least 4 members (excludes halogenated alkanes) is 12. The van der Waals surface area contributed by atoms with Crippen LogP contribution in [0.5, 0.6) is 11.8 Å². The molecule has 0 saturated heterocycles. The van der Waals surface area contributed by atoms with Gasteiger partial charge in [-0.25, -0.2) is 14.8 Å². The maximum atomic E-state index is 12.4. The van der Waals surface area contributed by atoms with Crippen LogP contribution in [0.3, 0.4) is 0 Å². The molecule has 0 fully saturated rings. The van der Waals surface area contributed by atoms with Crippen molar-refractivity contribution in [2.45, 2.75) is 110 Å². The first-order valence-electron chi connectivity index (χ1n) is 13.5. The number of hydrogen-bond acceptors (Lipinski definition) is 5. The van der Waals surface area contributed by atoms with Crippen LogP contribution >= 0.6 is 0 Å². The van der Waals surface area contributed by atoms with Crippen molar-refractivity contribution in [2.24, 2.45) is 0 Å². The number of rotatable bonds is 19. The van der Waals surface area contributed by atoms with Gasteiger partial charge in [0.05, 0.1) is 12.2 Å². The SMILES string of the molecule is CCCCCCCCCOc1ccc(C(=O)Oc2ncc(CCCCCCCCC)cn2)cc1. The smallest absolute Gasteiger partial charge is 0.345 e. The molecule has 34 heavy (non-hydrogen) atoms. The Bertz CT molecular complexity index is 775. The molecule has 188 valence electrons. The highest BCUT2D eigenvalue weighted by Gasteiger charge is 2.11. The molecule has 0 atom stereocenters. The Morgan fingerprint density at radius 2 is 1.24 bits per heavy atom. The van der Waals surface area contributed by atoms with Gasteiger partial charge in [0.15, 0.2) is 0 Å². The molecule has 0 unspecified atom stereocenters. The van der Waals surface area contributed by atoms with Crippen LogP contribution < -0.4 is 9.47 Å². The third kappa shape index (κ3) is 12.2. The van der Waals surface area contributed by atoms with Crippen LogP contribution in [0.1, 0.15) is 120 Å². The molecule has 1 aromatic heterocycles. The predicted octanol–water partition coefficient (Wildman–Crippen LogP) is 8.12. The van der Waals surface area contributed by atoms with Crippen molar-refractivity contribution < 1.29 is 14.3 Å². The van der Waals surface area contributed by atoms with Crippen LogP contribution in [-0.2, 0) is 6.42 Å². The van der Waals surface area contributed by atoms with Crippen LogP contribution in [0.2, 0.25) is 0 Å². The Labute approximate surface area is 206 Å². The quantitative estimate of drug-likeness (QED) is 0.154. The highest BCUT2D eigenvalue weighted by atomic mass is 16.5. The Kier molecular flexibility index (Phi) is 14.7. The molecule has 2 aromatic rings. The first kappa shape index (κ1) is 27.8. The van der Waals surface area contributed by atoms with Crippen molar-refractivity contribution in [1.29, 1.82) is 0 Å². The second-order valence-electron chi connectivity index (χ2n) is 9.13. The van der Waals surface area contributed by atoms with Gasteiger partial charge in [0.25, 0.3) is 0 Å². The van der Waals surface area contributed by atoms with E-state index in [0.717, 1.165) is 30.6 Å². The monoisotopic (exact) mass is 468 g/mol. The molecule has 5 nitrogen and oxygen atoms in total. The lowest BCUT2D eigenvalue weighted by atomic mass is 10.1. The van der Waals surface area contributed by atoms with Gasteiger partial charge in [-0.1, -0.05) is 90.9 Å². The summed E-state index contributed by atoms with van der Waals surface area (Å²) in [6.45, 7) is 5.18.